The predicted molar refractivity (Wildman–Crippen MR) is 70.8 cm³/mol. The van der Waals surface area contributed by atoms with Crippen LogP contribution in [0.4, 0.5) is 10.7 Å². The van der Waals surface area contributed by atoms with E-state index in [1.54, 1.807) is 31.3 Å². The van der Waals surface area contributed by atoms with Gasteiger partial charge in [0.2, 0.25) is 5.88 Å². The van der Waals surface area contributed by atoms with E-state index in [4.69, 9.17) is 13.9 Å². The first-order valence-corrected chi connectivity index (χ1v) is 6.25. The van der Waals surface area contributed by atoms with Gasteiger partial charge in [0.05, 0.1) is 13.2 Å². The number of nitrogens with one attached hydrogen (secondary N) is 1. The molecule has 0 fully saturated rings. The highest BCUT2D eigenvalue weighted by Gasteiger charge is 2.14. The molecule has 0 unspecified atom stereocenters. The summed E-state index contributed by atoms with van der Waals surface area (Å²) < 4.78 is 15.7. The molecule has 0 saturated carbocycles. The van der Waals surface area contributed by atoms with Crippen LogP contribution in [0.3, 0.4) is 0 Å². The number of anilines is 1. The molecular weight excluding hydrogens is 304 g/mol. The molecule has 0 saturated heterocycles. The lowest BCUT2D eigenvalue weighted by molar-refractivity contribution is 0.127. The van der Waals surface area contributed by atoms with E-state index in [0.29, 0.717) is 36.9 Å². The van der Waals surface area contributed by atoms with Gasteiger partial charge in [-0.05, 0) is 22.0 Å². The quantitative estimate of drug-likeness (QED) is 0.836. The predicted octanol–water partition coefficient (Wildman–Crippen LogP) is 2.17. The van der Waals surface area contributed by atoms with Crippen molar-refractivity contribution in [1.82, 2.24) is 4.90 Å². The van der Waals surface area contributed by atoms with Gasteiger partial charge in [0, 0.05) is 33.4 Å². The van der Waals surface area contributed by atoms with Crippen LogP contribution in [0.25, 0.3) is 0 Å². The molecule has 1 N–H and O–H groups in total. The first kappa shape index (κ1) is 15.0. The summed E-state index contributed by atoms with van der Waals surface area (Å²) in [4.78, 5) is 13.6. The maximum absolute atomic E-state index is 12.0. The number of halogens is 1. The Kier molecular flexibility index (Phi) is 6.77. The fraction of sp³-hybridized carbons (Fsp3) is 0.545. The molecule has 2 amide bonds. The monoisotopic (exact) mass is 320 g/mol. The number of carbonyl (C=O) groups is 1. The molecule has 6 nitrogen and oxygen atoms in total. The molecular formula is C11H17BrN2O4. The van der Waals surface area contributed by atoms with Crippen molar-refractivity contribution in [3.63, 3.8) is 0 Å². The summed E-state index contributed by atoms with van der Waals surface area (Å²) in [6.45, 7) is 1.93. The van der Waals surface area contributed by atoms with Crippen molar-refractivity contribution in [2.75, 3.05) is 45.8 Å². The SMILES string of the molecule is COCCN(CCOC)C(=O)Nc1ccc(Br)o1. The Bertz CT molecular complexity index is 362. The normalized spacial score (nSPS) is 10.4. The lowest BCUT2D eigenvalue weighted by atomic mass is 10.5. The summed E-state index contributed by atoms with van der Waals surface area (Å²) in [6.07, 6.45) is 0. The summed E-state index contributed by atoms with van der Waals surface area (Å²) in [5.74, 6) is 0.395. The molecule has 0 bridgehead atoms. The number of hydrogen-bond acceptors (Lipinski definition) is 4. The Morgan fingerprint density at radius 1 is 1.33 bits per heavy atom. The molecule has 0 aromatic carbocycles. The van der Waals surface area contributed by atoms with Crippen molar-refractivity contribution < 1.29 is 18.7 Å². The number of urea groups is 1. The number of ether oxygens (including phenoxy) is 2. The standard InChI is InChI=1S/C11H17BrN2O4/c1-16-7-5-14(6-8-17-2)11(15)13-10-4-3-9(12)18-10/h3-4H,5-8H2,1-2H3,(H,13,15). The molecule has 1 aromatic heterocycles. The molecule has 0 aliphatic rings. The van der Waals surface area contributed by atoms with E-state index in [0.717, 1.165) is 0 Å². The molecule has 0 aliphatic carbocycles. The van der Waals surface area contributed by atoms with Crippen LogP contribution in [-0.4, -0.2) is 51.5 Å². The minimum atomic E-state index is -0.244. The van der Waals surface area contributed by atoms with Gasteiger partial charge in [0.1, 0.15) is 0 Å². The molecule has 0 radical (unpaired) electrons. The van der Waals surface area contributed by atoms with Gasteiger partial charge in [-0.3, -0.25) is 5.32 Å². The number of furan rings is 1. The third-order valence-electron chi connectivity index (χ3n) is 2.22. The lowest BCUT2D eigenvalue weighted by Crippen LogP contribution is -2.39. The van der Waals surface area contributed by atoms with Gasteiger partial charge in [-0.15, -0.1) is 0 Å². The van der Waals surface area contributed by atoms with E-state index in [9.17, 15) is 4.79 Å². The van der Waals surface area contributed by atoms with Crippen molar-refractivity contribution in [2.45, 2.75) is 0 Å². The van der Waals surface area contributed by atoms with Crippen molar-refractivity contribution in [3.8, 4) is 0 Å². The summed E-state index contributed by atoms with van der Waals surface area (Å²) in [5.41, 5.74) is 0. The number of methoxy groups -OCH3 is 2. The second-order valence-electron chi connectivity index (χ2n) is 3.51. The maximum Gasteiger partial charge on any atom is 0.324 e. The van der Waals surface area contributed by atoms with E-state index in [1.807, 2.05) is 0 Å². The molecule has 0 aliphatic heterocycles. The Balaban J connectivity index is 2.51. The molecule has 7 heteroatoms. The van der Waals surface area contributed by atoms with Gasteiger partial charge in [-0.1, -0.05) is 0 Å². The van der Waals surface area contributed by atoms with Gasteiger partial charge in [-0.25, -0.2) is 4.79 Å². The summed E-state index contributed by atoms with van der Waals surface area (Å²) >= 11 is 3.17. The van der Waals surface area contributed by atoms with Gasteiger partial charge in [0.15, 0.2) is 4.67 Å². The van der Waals surface area contributed by atoms with Gasteiger partial charge >= 0.3 is 6.03 Å². The van der Waals surface area contributed by atoms with Gasteiger partial charge in [0.25, 0.3) is 0 Å². The molecule has 0 atom stereocenters. The summed E-state index contributed by atoms with van der Waals surface area (Å²) in [7, 11) is 3.19. The van der Waals surface area contributed by atoms with Crippen molar-refractivity contribution in [2.24, 2.45) is 0 Å². The largest absolute Gasteiger partial charge is 0.434 e. The first-order valence-electron chi connectivity index (χ1n) is 5.46. The van der Waals surface area contributed by atoms with Gasteiger partial charge in [-0.2, -0.15) is 0 Å². The van der Waals surface area contributed by atoms with Crippen LogP contribution in [0, 0.1) is 0 Å². The second-order valence-corrected chi connectivity index (χ2v) is 4.29. The van der Waals surface area contributed by atoms with E-state index in [-0.39, 0.29) is 6.03 Å². The van der Waals surface area contributed by atoms with E-state index in [2.05, 4.69) is 21.2 Å². The molecule has 1 rings (SSSR count). The van der Waals surface area contributed by atoms with Crippen molar-refractivity contribution in [3.05, 3.63) is 16.8 Å². The molecule has 102 valence electrons. The van der Waals surface area contributed by atoms with E-state index in [1.165, 1.54) is 0 Å². The van der Waals surface area contributed by atoms with Crippen LogP contribution < -0.4 is 5.32 Å². The zero-order chi connectivity index (χ0) is 13.4. The topological polar surface area (TPSA) is 63.9 Å². The third kappa shape index (κ3) is 5.07. The van der Waals surface area contributed by atoms with Crippen LogP contribution in [-0.2, 0) is 9.47 Å². The highest BCUT2D eigenvalue weighted by atomic mass is 79.9. The van der Waals surface area contributed by atoms with Crippen LogP contribution in [0.5, 0.6) is 0 Å². The number of amides is 2. The minimum absolute atomic E-state index is 0.244. The molecule has 1 heterocycles. The number of nitrogens with zero attached hydrogens (tertiary/aromatic N) is 1. The van der Waals surface area contributed by atoms with E-state index < -0.39 is 0 Å². The first-order chi connectivity index (χ1) is 8.67. The average Bonchev–Trinajstić information content (AvgIpc) is 2.75. The zero-order valence-electron chi connectivity index (χ0n) is 10.4. The Labute approximate surface area is 114 Å². The Hall–Kier alpha value is -1.05. The third-order valence-corrected chi connectivity index (χ3v) is 2.65. The highest BCUT2D eigenvalue weighted by molar-refractivity contribution is 9.10. The summed E-state index contributed by atoms with van der Waals surface area (Å²) in [6, 6.07) is 3.14. The number of hydrogen-bond donors (Lipinski definition) is 1. The highest BCUT2D eigenvalue weighted by Crippen LogP contribution is 2.18. The zero-order valence-corrected chi connectivity index (χ0v) is 12.0. The smallest absolute Gasteiger partial charge is 0.324 e. The fourth-order valence-corrected chi connectivity index (χ4v) is 1.59. The van der Waals surface area contributed by atoms with Crippen LogP contribution in [0.2, 0.25) is 0 Å². The van der Waals surface area contributed by atoms with Crippen LogP contribution >= 0.6 is 15.9 Å². The average molecular weight is 321 g/mol. The molecule has 1 aromatic rings. The Morgan fingerprint density at radius 3 is 2.39 bits per heavy atom. The number of carbonyl (C=O) groups excluding carboxylic acids is 1. The fourth-order valence-electron chi connectivity index (χ4n) is 1.28. The Morgan fingerprint density at radius 2 is 1.94 bits per heavy atom. The van der Waals surface area contributed by atoms with Crippen LogP contribution in [0.1, 0.15) is 0 Å². The van der Waals surface area contributed by atoms with Crippen molar-refractivity contribution >= 4 is 27.8 Å². The maximum atomic E-state index is 12.0. The second kappa shape index (κ2) is 8.12. The summed E-state index contributed by atoms with van der Waals surface area (Å²) in [5, 5.41) is 2.66. The van der Waals surface area contributed by atoms with Crippen molar-refractivity contribution in [1.29, 1.82) is 0 Å². The van der Waals surface area contributed by atoms with Crippen LogP contribution in [0.15, 0.2) is 21.2 Å². The minimum Gasteiger partial charge on any atom is -0.434 e. The number of rotatable bonds is 7. The van der Waals surface area contributed by atoms with E-state index >= 15 is 0 Å². The van der Waals surface area contributed by atoms with Gasteiger partial charge < -0.3 is 18.8 Å². The lowest BCUT2D eigenvalue weighted by Gasteiger charge is -2.21. The molecule has 0 spiro atoms. The molecule has 18 heavy (non-hydrogen) atoms.